The van der Waals surface area contributed by atoms with Crippen LogP contribution in [0.3, 0.4) is 0 Å². The second-order valence-corrected chi connectivity index (χ2v) is 10.8. The highest BCUT2D eigenvalue weighted by atomic mass is 16.5. The Bertz CT molecular complexity index is 1550. The van der Waals surface area contributed by atoms with Crippen molar-refractivity contribution in [1.29, 1.82) is 0 Å². The van der Waals surface area contributed by atoms with E-state index in [9.17, 15) is 9.90 Å². The highest BCUT2D eigenvalue weighted by Crippen LogP contribution is 2.47. The normalized spacial score (nSPS) is 19.7. The van der Waals surface area contributed by atoms with E-state index in [-0.39, 0.29) is 6.10 Å². The molecule has 1 atom stereocenters. The highest BCUT2D eigenvalue weighted by molar-refractivity contribution is 6.00. The van der Waals surface area contributed by atoms with E-state index < -0.39 is 5.97 Å². The maximum absolute atomic E-state index is 12.0. The van der Waals surface area contributed by atoms with Crippen molar-refractivity contribution in [3.63, 3.8) is 0 Å². The molecule has 0 bridgehead atoms. The number of allylic oxidation sites excluding steroid dienone is 1. The molecular weight excluding hydrogens is 478 g/mol. The van der Waals surface area contributed by atoms with Crippen molar-refractivity contribution < 1.29 is 14.6 Å². The Hall–Kier alpha value is -3.78. The van der Waals surface area contributed by atoms with Gasteiger partial charge in [0.05, 0.1) is 30.5 Å². The molecule has 4 heterocycles. The van der Waals surface area contributed by atoms with Gasteiger partial charge in [-0.15, -0.1) is 10.2 Å². The van der Waals surface area contributed by atoms with Gasteiger partial charge < -0.3 is 14.4 Å². The number of hydrogen-bond acceptors (Lipinski definition) is 5. The predicted octanol–water partition coefficient (Wildman–Crippen LogP) is 5.77. The predicted molar refractivity (Wildman–Crippen MR) is 145 cm³/mol. The molecule has 0 spiro atoms. The summed E-state index contributed by atoms with van der Waals surface area (Å²) in [6.07, 6.45) is 10.5. The van der Waals surface area contributed by atoms with E-state index in [0.29, 0.717) is 30.4 Å². The van der Waals surface area contributed by atoms with Crippen LogP contribution in [0.25, 0.3) is 33.8 Å². The van der Waals surface area contributed by atoms with E-state index in [1.807, 2.05) is 12.1 Å². The number of ether oxygens (including phenoxy) is 1. The summed E-state index contributed by atoms with van der Waals surface area (Å²) in [4.78, 5) is 13.6. The lowest BCUT2D eigenvalue weighted by atomic mass is 9.81. The molecule has 1 saturated heterocycles. The lowest BCUT2D eigenvalue weighted by Gasteiger charge is -2.24. The van der Waals surface area contributed by atoms with Gasteiger partial charge in [0.1, 0.15) is 0 Å². The summed E-state index contributed by atoms with van der Waals surface area (Å²) < 4.78 is 8.06. The van der Waals surface area contributed by atoms with Crippen LogP contribution in [0.15, 0.2) is 42.5 Å². The van der Waals surface area contributed by atoms with E-state index in [4.69, 9.17) is 9.84 Å². The van der Waals surface area contributed by atoms with E-state index in [1.54, 1.807) is 10.9 Å². The van der Waals surface area contributed by atoms with Gasteiger partial charge in [0.2, 0.25) is 5.82 Å². The van der Waals surface area contributed by atoms with Crippen molar-refractivity contribution in [3.8, 4) is 11.3 Å². The zero-order valence-electron chi connectivity index (χ0n) is 21.3. The van der Waals surface area contributed by atoms with E-state index in [1.165, 1.54) is 36.1 Å². The largest absolute Gasteiger partial charge is 0.478 e. The number of fused-ring (bicyclic) bond motifs is 5. The summed E-state index contributed by atoms with van der Waals surface area (Å²) in [6.45, 7) is 1.93. The molecule has 7 rings (SSSR count). The number of benzene rings is 2. The molecule has 2 aliphatic heterocycles. The summed E-state index contributed by atoms with van der Waals surface area (Å²) in [6, 6.07) is 14.1. The first-order valence-corrected chi connectivity index (χ1v) is 13.7. The molecule has 194 valence electrons. The molecule has 38 heavy (non-hydrogen) atoms. The van der Waals surface area contributed by atoms with Gasteiger partial charge >= 0.3 is 5.97 Å². The first kappa shape index (κ1) is 23.3. The lowest BCUT2D eigenvalue weighted by molar-refractivity contribution is 0.0697. The van der Waals surface area contributed by atoms with Crippen molar-refractivity contribution in [3.05, 3.63) is 65.0 Å². The van der Waals surface area contributed by atoms with Crippen LogP contribution >= 0.6 is 0 Å². The van der Waals surface area contributed by atoms with Gasteiger partial charge in [-0.2, -0.15) is 4.80 Å². The number of nitrogens with zero attached hydrogens (tertiary/aromatic N) is 5. The number of aromatic nitrogens is 5. The van der Waals surface area contributed by atoms with Crippen LogP contribution in [0.1, 0.15) is 78.2 Å². The fraction of sp³-hybridized carbons (Fsp3) is 0.400. The molecule has 1 N–H and O–H groups in total. The number of rotatable bonds is 5. The zero-order valence-corrected chi connectivity index (χ0v) is 21.3. The molecule has 0 amide bonds. The van der Waals surface area contributed by atoms with Crippen molar-refractivity contribution in [2.45, 2.75) is 70.1 Å². The zero-order chi connectivity index (χ0) is 25.6. The average Bonchev–Trinajstić information content (AvgIpc) is 3.67. The number of carbonyl (C=O) groups is 1. The van der Waals surface area contributed by atoms with Crippen LogP contribution in [0, 0.1) is 0 Å². The van der Waals surface area contributed by atoms with Crippen LogP contribution in [0.5, 0.6) is 0 Å². The molecule has 2 fully saturated rings. The third-order valence-electron chi connectivity index (χ3n) is 8.37. The smallest absolute Gasteiger partial charge is 0.335 e. The number of carboxylic acid groups (broad SMARTS) is 1. The Morgan fingerprint density at radius 2 is 1.92 bits per heavy atom. The first-order chi connectivity index (χ1) is 18.7. The molecule has 3 aliphatic rings. The summed E-state index contributed by atoms with van der Waals surface area (Å²) >= 11 is 0. The van der Waals surface area contributed by atoms with Crippen LogP contribution in [0.2, 0.25) is 0 Å². The second kappa shape index (κ2) is 9.51. The number of hydrogen-bond donors (Lipinski definition) is 1. The Morgan fingerprint density at radius 1 is 1.05 bits per heavy atom. The summed E-state index contributed by atoms with van der Waals surface area (Å²) in [5, 5.41) is 24.5. The van der Waals surface area contributed by atoms with Gasteiger partial charge in [-0.25, -0.2) is 4.79 Å². The van der Waals surface area contributed by atoms with Crippen LogP contribution < -0.4 is 0 Å². The molecule has 1 saturated carbocycles. The third-order valence-corrected chi connectivity index (χ3v) is 8.37. The molecule has 2 aromatic carbocycles. The maximum Gasteiger partial charge on any atom is 0.335 e. The standard InChI is InChI=1S/C30H31N5O3/c36-30(37)21-12-13-25-26(16-21)34-17-22(29-31-33-35(32-29)18-23-10-6-14-38-23)15-20-9-4-5-11-24(20)28(34)27(25)19-7-2-1-3-8-19/h4-5,9,11-13,15-16,19,23H,1-3,6-8,10,14,17-18H2,(H,36,37). The summed E-state index contributed by atoms with van der Waals surface area (Å²) in [5.41, 5.74) is 7.06. The monoisotopic (exact) mass is 509 g/mol. The molecule has 0 radical (unpaired) electrons. The van der Waals surface area contributed by atoms with Crippen LogP contribution in [-0.4, -0.2) is 48.6 Å². The summed E-state index contributed by atoms with van der Waals surface area (Å²) in [7, 11) is 0. The van der Waals surface area contributed by atoms with Gasteiger partial charge in [0.15, 0.2) is 0 Å². The SMILES string of the molecule is O=C(O)c1ccc2c(C3CCCCC3)c3n(c2c1)CC(c1nnn(CC2CCCO2)n1)=Cc1ccccc1-3. The molecule has 8 heteroatoms. The number of carboxylic acids is 1. The molecule has 8 nitrogen and oxygen atoms in total. The van der Waals surface area contributed by atoms with E-state index in [2.05, 4.69) is 45.2 Å². The van der Waals surface area contributed by atoms with E-state index >= 15 is 0 Å². The van der Waals surface area contributed by atoms with Gasteiger partial charge in [-0.05, 0) is 66.2 Å². The van der Waals surface area contributed by atoms with E-state index in [0.717, 1.165) is 54.3 Å². The fourth-order valence-electron chi connectivity index (χ4n) is 6.57. The topological polar surface area (TPSA) is 95.1 Å². The Morgan fingerprint density at radius 3 is 2.74 bits per heavy atom. The molecule has 2 aromatic heterocycles. The van der Waals surface area contributed by atoms with Crippen molar-refractivity contribution in [2.75, 3.05) is 6.61 Å². The van der Waals surface area contributed by atoms with Crippen molar-refractivity contribution in [1.82, 2.24) is 24.8 Å². The Balaban J connectivity index is 1.40. The minimum absolute atomic E-state index is 0.133. The van der Waals surface area contributed by atoms with Crippen LogP contribution in [-0.2, 0) is 17.8 Å². The highest BCUT2D eigenvalue weighted by Gasteiger charge is 2.30. The minimum atomic E-state index is -0.912. The molecule has 1 aliphatic carbocycles. The van der Waals surface area contributed by atoms with Crippen molar-refractivity contribution >= 4 is 28.5 Å². The molecular formula is C30H31N5O3. The van der Waals surface area contributed by atoms with Gasteiger partial charge in [-0.3, -0.25) is 0 Å². The van der Waals surface area contributed by atoms with Gasteiger partial charge in [0, 0.05) is 28.6 Å². The Kier molecular flexibility index (Phi) is 5.84. The maximum atomic E-state index is 12.0. The number of tetrazole rings is 1. The summed E-state index contributed by atoms with van der Waals surface area (Å²) in [5.74, 6) is 0.143. The fourth-order valence-corrected chi connectivity index (χ4v) is 6.57. The average molecular weight is 510 g/mol. The van der Waals surface area contributed by atoms with Crippen LogP contribution in [0.4, 0.5) is 0 Å². The van der Waals surface area contributed by atoms with Crippen molar-refractivity contribution in [2.24, 2.45) is 0 Å². The van der Waals surface area contributed by atoms with Gasteiger partial charge in [-0.1, -0.05) is 49.6 Å². The molecule has 1 unspecified atom stereocenters. The second-order valence-electron chi connectivity index (χ2n) is 10.8. The Labute approximate surface area is 220 Å². The minimum Gasteiger partial charge on any atom is -0.478 e. The third kappa shape index (κ3) is 4.04. The quantitative estimate of drug-likeness (QED) is 0.367. The lowest BCUT2D eigenvalue weighted by Crippen LogP contribution is -2.17. The first-order valence-electron chi connectivity index (χ1n) is 13.7. The van der Waals surface area contributed by atoms with Gasteiger partial charge in [0.25, 0.3) is 0 Å². The molecule has 4 aromatic rings. The number of aromatic carboxylic acids is 1.